The number of nitrogens with two attached hydrogens (primary N) is 1. The summed E-state index contributed by atoms with van der Waals surface area (Å²) in [7, 11) is 0. The fraction of sp³-hybridized carbons (Fsp3) is 0. The Morgan fingerprint density at radius 1 is 1.38 bits per heavy atom. The SMILES string of the molecule is Nc1onc(-c2cc(F)cc([N+](=O)[O-])c2)c1-c1cccs1. The van der Waals surface area contributed by atoms with Gasteiger partial charge in [-0.1, -0.05) is 11.2 Å². The molecule has 0 radical (unpaired) electrons. The summed E-state index contributed by atoms with van der Waals surface area (Å²) in [5, 5.41) is 16.5. The molecule has 3 rings (SSSR count). The average molecular weight is 305 g/mol. The molecule has 2 heterocycles. The molecule has 21 heavy (non-hydrogen) atoms. The molecule has 0 amide bonds. The van der Waals surface area contributed by atoms with Crippen LogP contribution in [0.15, 0.2) is 40.2 Å². The Morgan fingerprint density at radius 3 is 2.86 bits per heavy atom. The van der Waals surface area contributed by atoms with Gasteiger partial charge < -0.3 is 10.3 Å². The molecule has 2 aromatic heterocycles. The van der Waals surface area contributed by atoms with Crippen molar-refractivity contribution in [3.05, 3.63) is 51.6 Å². The summed E-state index contributed by atoms with van der Waals surface area (Å²) >= 11 is 1.41. The summed E-state index contributed by atoms with van der Waals surface area (Å²) in [5.74, 6) is -0.641. The van der Waals surface area contributed by atoms with Gasteiger partial charge in [-0.3, -0.25) is 10.1 Å². The molecule has 106 valence electrons. The lowest BCUT2D eigenvalue weighted by Gasteiger charge is -2.01. The Morgan fingerprint density at radius 2 is 2.19 bits per heavy atom. The van der Waals surface area contributed by atoms with Crippen molar-refractivity contribution in [3.63, 3.8) is 0 Å². The third-order valence-corrected chi connectivity index (χ3v) is 3.74. The van der Waals surface area contributed by atoms with Crippen LogP contribution in [0, 0.1) is 15.9 Å². The number of hydrogen-bond donors (Lipinski definition) is 1. The summed E-state index contributed by atoms with van der Waals surface area (Å²) < 4.78 is 18.5. The number of anilines is 1. The minimum atomic E-state index is -0.724. The van der Waals surface area contributed by atoms with Crippen molar-refractivity contribution in [2.24, 2.45) is 0 Å². The summed E-state index contributed by atoms with van der Waals surface area (Å²) in [4.78, 5) is 10.9. The van der Waals surface area contributed by atoms with E-state index in [4.69, 9.17) is 10.3 Å². The highest BCUT2D eigenvalue weighted by Gasteiger charge is 2.21. The predicted molar refractivity (Wildman–Crippen MR) is 76.3 cm³/mol. The molecule has 0 bridgehead atoms. The van der Waals surface area contributed by atoms with Crippen LogP contribution in [0.3, 0.4) is 0 Å². The van der Waals surface area contributed by atoms with E-state index in [2.05, 4.69) is 5.16 Å². The molecule has 0 saturated heterocycles. The third-order valence-electron chi connectivity index (χ3n) is 2.85. The van der Waals surface area contributed by atoms with Gasteiger partial charge in [0.05, 0.1) is 16.6 Å². The van der Waals surface area contributed by atoms with Crippen LogP contribution in [-0.2, 0) is 0 Å². The molecular formula is C13H8FN3O3S. The molecule has 0 aliphatic carbocycles. The number of rotatable bonds is 3. The molecule has 0 aliphatic heterocycles. The minimum Gasteiger partial charge on any atom is -0.367 e. The van der Waals surface area contributed by atoms with Crippen molar-refractivity contribution in [1.29, 1.82) is 0 Å². The van der Waals surface area contributed by atoms with Crippen LogP contribution in [0.2, 0.25) is 0 Å². The average Bonchev–Trinajstić information content (AvgIpc) is 3.06. The normalized spacial score (nSPS) is 10.7. The standard InChI is InChI=1S/C13H8FN3O3S/c14-8-4-7(5-9(6-8)17(18)19)12-11(13(15)20-16-12)10-2-1-3-21-10/h1-6H,15H2. The fourth-order valence-corrected chi connectivity index (χ4v) is 2.75. The van der Waals surface area contributed by atoms with Crippen LogP contribution in [0.5, 0.6) is 0 Å². The third kappa shape index (κ3) is 2.36. The molecule has 0 fully saturated rings. The van der Waals surface area contributed by atoms with E-state index in [1.807, 2.05) is 17.5 Å². The van der Waals surface area contributed by atoms with E-state index in [0.717, 1.165) is 17.0 Å². The second-order valence-corrected chi connectivity index (χ2v) is 5.15. The van der Waals surface area contributed by atoms with Gasteiger partial charge in [0.2, 0.25) is 5.88 Å². The summed E-state index contributed by atoms with van der Waals surface area (Å²) in [6.07, 6.45) is 0. The van der Waals surface area contributed by atoms with Crippen LogP contribution >= 0.6 is 11.3 Å². The van der Waals surface area contributed by atoms with Gasteiger partial charge in [-0.2, -0.15) is 0 Å². The molecule has 0 spiro atoms. The van der Waals surface area contributed by atoms with E-state index in [-0.39, 0.29) is 22.8 Å². The molecule has 1 aromatic carbocycles. The van der Waals surface area contributed by atoms with E-state index >= 15 is 0 Å². The van der Waals surface area contributed by atoms with Gasteiger partial charge in [-0.15, -0.1) is 11.3 Å². The van der Waals surface area contributed by atoms with Crippen molar-refractivity contribution in [2.75, 3.05) is 5.73 Å². The molecule has 2 N–H and O–H groups in total. The lowest BCUT2D eigenvalue weighted by molar-refractivity contribution is -0.385. The molecule has 8 heteroatoms. The highest BCUT2D eigenvalue weighted by molar-refractivity contribution is 7.13. The van der Waals surface area contributed by atoms with Crippen molar-refractivity contribution in [1.82, 2.24) is 5.16 Å². The van der Waals surface area contributed by atoms with Gasteiger partial charge in [0, 0.05) is 16.5 Å². The molecule has 3 aromatic rings. The molecule has 0 unspecified atom stereocenters. The number of hydrogen-bond acceptors (Lipinski definition) is 6. The van der Waals surface area contributed by atoms with Crippen molar-refractivity contribution < 1.29 is 13.8 Å². The quantitative estimate of drug-likeness (QED) is 0.588. The van der Waals surface area contributed by atoms with Crippen molar-refractivity contribution in [2.45, 2.75) is 0 Å². The van der Waals surface area contributed by atoms with Gasteiger partial charge in [0.15, 0.2) is 0 Å². The number of aromatic nitrogens is 1. The predicted octanol–water partition coefficient (Wildman–Crippen LogP) is 3.70. The molecule has 0 aliphatic rings. The van der Waals surface area contributed by atoms with Crippen molar-refractivity contribution in [3.8, 4) is 21.7 Å². The smallest absolute Gasteiger partial charge is 0.273 e. The Labute approximate surface area is 121 Å². The summed E-state index contributed by atoms with van der Waals surface area (Å²) in [6, 6.07) is 6.87. The highest BCUT2D eigenvalue weighted by Crippen LogP contribution is 2.39. The first-order valence-corrected chi connectivity index (χ1v) is 6.68. The molecule has 6 nitrogen and oxygen atoms in total. The summed E-state index contributed by atoms with van der Waals surface area (Å²) in [5.41, 5.74) is 6.42. The molecule has 0 atom stereocenters. The zero-order valence-electron chi connectivity index (χ0n) is 10.4. The first kappa shape index (κ1) is 13.3. The van der Waals surface area contributed by atoms with E-state index in [1.165, 1.54) is 17.4 Å². The maximum atomic E-state index is 13.6. The number of nitrogen functional groups attached to an aromatic ring is 1. The van der Waals surface area contributed by atoms with Gasteiger partial charge in [-0.25, -0.2) is 4.39 Å². The Hall–Kier alpha value is -2.74. The van der Waals surface area contributed by atoms with Gasteiger partial charge in [0.25, 0.3) is 5.69 Å². The highest BCUT2D eigenvalue weighted by atomic mass is 32.1. The van der Waals surface area contributed by atoms with Gasteiger partial charge in [0.1, 0.15) is 11.5 Å². The first-order valence-electron chi connectivity index (χ1n) is 5.80. The zero-order valence-corrected chi connectivity index (χ0v) is 11.3. The molecule has 0 saturated carbocycles. The lowest BCUT2D eigenvalue weighted by Crippen LogP contribution is -1.92. The van der Waals surface area contributed by atoms with Crippen molar-refractivity contribution >= 4 is 22.9 Å². The van der Waals surface area contributed by atoms with Gasteiger partial charge >= 0.3 is 0 Å². The zero-order chi connectivity index (χ0) is 15.0. The topological polar surface area (TPSA) is 95.2 Å². The fourth-order valence-electron chi connectivity index (χ4n) is 1.98. The van der Waals surface area contributed by atoms with Crippen LogP contribution in [-0.4, -0.2) is 10.1 Å². The number of benzene rings is 1. The Kier molecular flexibility index (Phi) is 3.15. The van der Waals surface area contributed by atoms with E-state index < -0.39 is 10.7 Å². The number of thiophene rings is 1. The number of nitro benzene ring substituents is 1. The van der Waals surface area contributed by atoms with Crippen LogP contribution in [0.1, 0.15) is 0 Å². The Bertz CT molecular complexity index is 814. The second-order valence-electron chi connectivity index (χ2n) is 4.20. The monoisotopic (exact) mass is 305 g/mol. The van der Waals surface area contributed by atoms with Crippen LogP contribution in [0.4, 0.5) is 16.0 Å². The van der Waals surface area contributed by atoms with E-state index in [9.17, 15) is 14.5 Å². The number of halogens is 1. The first-order chi connectivity index (χ1) is 10.1. The largest absolute Gasteiger partial charge is 0.367 e. The van der Waals surface area contributed by atoms with Crippen LogP contribution in [0.25, 0.3) is 21.7 Å². The van der Waals surface area contributed by atoms with Crippen LogP contribution < -0.4 is 5.73 Å². The lowest BCUT2D eigenvalue weighted by atomic mass is 10.1. The number of non-ortho nitro benzene ring substituents is 1. The second kappa shape index (κ2) is 4.98. The number of nitrogens with zero attached hydrogens (tertiary/aromatic N) is 2. The Balaban J connectivity index is 2.20. The van der Waals surface area contributed by atoms with E-state index in [1.54, 1.807) is 0 Å². The minimum absolute atomic E-state index is 0.0827. The molecular weight excluding hydrogens is 297 g/mol. The maximum absolute atomic E-state index is 13.6. The summed E-state index contributed by atoms with van der Waals surface area (Å²) in [6.45, 7) is 0. The maximum Gasteiger partial charge on any atom is 0.273 e. The van der Waals surface area contributed by atoms with E-state index in [0.29, 0.717) is 5.56 Å². The number of nitro groups is 1. The van der Waals surface area contributed by atoms with Gasteiger partial charge in [-0.05, 0) is 17.5 Å².